The number of Topliss-reactive ketones (excluding diaryl/α,β-unsaturated/α-hetero) is 1. The number of fused-ring (bicyclic) bond motifs is 1. The highest BCUT2D eigenvalue weighted by atomic mass is 16.5. The van der Waals surface area contributed by atoms with Gasteiger partial charge in [0.25, 0.3) is 5.52 Å². The van der Waals surface area contributed by atoms with Crippen LogP contribution < -0.4 is 4.73 Å². The van der Waals surface area contributed by atoms with Gasteiger partial charge in [-0.1, -0.05) is 0 Å². The molecule has 0 saturated carbocycles. The number of nitrogens with zero attached hydrogens (tertiary/aromatic N) is 1. The van der Waals surface area contributed by atoms with Gasteiger partial charge in [0.15, 0.2) is 17.7 Å². The summed E-state index contributed by atoms with van der Waals surface area (Å²) in [6, 6.07) is 6.05. The second kappa shape index (κ2) is 3.24. The molecule has 0 bridgehead atoms. The maximum Gasteiger partial charge on any atom is 0.266 e. The molecule has 0 aliphatic rings. The number of aromatic hydroxyl groups is 1. The first-order valence-corrected chi connectivity index (χ1v) is 4.46. The molecule has 0 aliphatic heterocycles. The first-order valence-electron chi connectivity index (χ1n) is 4.46. The summed E-state index contributed by atoms with van der Waals surface area (Å²) in [5.41, 5.74) is 0.568. The van der Waals surface area contributed by atoms with Crippen LogP contribution in [0.3, 0.4) is 0 Å². The predicted molar refractivity (Wildman–Crippen MR) is 54.6 cm³/mol. The second-order valence-corrected chi connectivity index (χ2v) is 3.28. The molecule has 1 heterocycles. The number of benzene rings is 1. The van der Waals surface area contributed by atoms with Gasteiger partial charge in [-0.25, -0.2) is 0 Å². The van der Waals surface area contributed by atoms with Crippen LogP contribution in [0.2, 0.25) is 0 Å². The van der Waals surface area contributed by atoms with Crippen LogP contribution in [0, 0.1) is 5.21 Å². The lowest BCUT2D eigenvalue weighted by Gasteiger charge is -2.05. The quantitative estimate of drug-likeness (QED) is 0.432. The van der Waals surface area contributed by atoms with E-state index >= 15 is 0 Å². The molecule has 1 aromatic heterocycles. The number of phenols is 1. The molecule has 4 heteroatoms. The Labute approximate surface area is 86.0 Å². The number of carbonyl (C=O) groups excluding carboxylic acids is 1. The molecule has 0 atom stereocenters. The van der Waals surface area contributed by atoms with Crippen LogP contribution in [-0.4, -0.2) is 10.9 Å². The highest BCUT2D eigenvalue weighted by molar-refractivity contribution is 6.06. The van der Waals surface area contributed by atoms with Gasteiger partial charge in [0, 0.05) is 11.6 Å². The molecule has 0 saturated heterocycles. The van der Waals surface area contributed by atoms with Crippen molar-refractivity contribution < 1.29 is 14.6 Å². The number of carbonyl (C=O) groups is 1. The minimum atomic E-state index is -0.133. The maximum absolute atomic E-state index is 11.4. The normalized spacial score (nSPS) is 10.5. The van der Waals surface area contributed by atoms with E-state index in [1.807, 2.05) is 0 Å². The summed E-state index contributed by atoms with van der Waals surface area (Å²) < 4.78 is 0.553. The number of rotatable bonds is 1. The van der Waals surface area contributed by atoms with Gasteiger partial charge in [0.2, 0.25) is 0 Å². The Kier molecular flexibility index (Phi) is 2.04. The Hall–Kier alpha value is -2.10. The standard InChI is InChI=1S/C11H9NO3/c1-7(13)8-4-5-10(14)11-9(8)3-2-6-12(11)15/h2-6,14H,1H3. The Morgan fingerprint density at radius 2 is 2.13 bits per heavy atom. The van der Waals surface area contributed by atoms with E-state index in [1.165, 1.54) is 25.3 Å². The zero-order chi connectivity index (χ0) is 11.0. The van der Waals surface area contributed by atoms with Gasteiger partial charge in [-0.15, -0.1) is 0 Å². The van der Waals surface area contributed by atoms with Crippen molar-refractivity contribution in [3.8, 4) is 5.75 Å². The molecule has 1 aromatic carbocycles. The third-order valence-electron chi connectivity index (χ3n) is 2.28. The van der Waals surface area contributed by atoms with Crippen LogP contribution in [0.25, 0.3) is 10.9 Å². The van der Waals surface area contributed by atoms with Crippen molar-refractivity contribution in [2.24, 2.45) is 0 Å². The van der Waals surface area contributed by atoms with Crippen LogP contribution in [0.5, 0.6) is 5.75 Å². The van der Waals surface area contributed by atoms with Crippen LogP contribution in [-0.2, 0) is 0 Å². The van der Waals surface area contributed by atoms with Crippen molar-refractivity contribution in [3.05, 3.63) is 41.2 Å². The Morgan fingerprint density at radius 1 is 1.40 bits per heavy atom. The van der Waals surface area contributed by atoms with Gasteiger partial charge in [-0.05, 0) is 25.1 Å². The van der Waals surface area contributed by atoms with Crippen LogP contribution >= 0.6 is 0 Å². The van der Waals surface area contributed by atoms with Gasteiger partial charge in [-0.3, -0.25) is 4.79 Å². The van der Waals surface area contributed by atoms with Gasteiger partial charge in [0.05, 0.1) is 5.39 Å². The molecular formula is C11H9NO3. The fraction of sp³-hybridized carbons (Fsp3) is 0.0909. The van der Waals surface area contributed by atoms with Crippen molar-refractivity contribution in [2.75, 3.05) is 0 Å². The van der Waals surface area contributed by atoms with E-state index in [-0.39, 0.29) is 17.0 Å². The van der Waals surface area contributed by atoms with Crippen molar-refractivity contribution >= 4 is 16.7 Å². The predicted octanol–water partition coefficient (Wildman–Crippen LogP) is 1.38. The fourth-order valence-corrected chi connectivity index (χ4v) is 1.60. The van der Waals surface area contributed by atoms with Crippen molar-refractivity contribution in [2.45, 2.75) is 6.92 Å². The average Bonchev–Trinajstić information content (AvgIpc) is 2.17. The van der Waals surface area contributed by atoms with E-state index in [0.29, 0.717) is 15.7 Å². The van der Waals surface area contributed by atoms with Crippen molar-refractivity contribution in [1.82, 2.24) is 0 Å². The molecule has 4 nitrogen and oxygen atoms in total. The number of phenolic OH excluding ortho intramolecular Hbond substituents is 1. The molecule has 0 aliphatic carbocycles. The first-order chi connectivity index (χ1) is 7.11. The lowest BCUT2D eigenvalue weighted by molar-refractivity contribution is -0.577. The molecule has 1 N–H and O–H groups in total. The van der Waals surface area contributed by atoms with Crippen molar-refractivity contribution in [3.63, 3.8) is 0 Å². The molecule has 0 radical (unpaired) electrons. The average molecular weight is 203 g/mol. The van der Waals surface area contributed by atoms with E-state index in [1.54, 1.807) is 12.1 Å². The molecule has 0 unspecified atom stereocenters. The molecule has 0 spiro atoms. The lowest BCUT2D eigenvalue weighted by atomic mass is 10.0. The second-order valence-electron chi connectivity index (χ2n) is 3.28. The monoisotopic (exact) mass is 203 g/mol. The van der Waals surface area contributed by atoms with Gasteiger partial charge in [0.1, 0.15) is 0 Å². The van der Waals surface area contributed by atoms with E-state index in [2.05, 4.69) is 0 Å². The number of hydrogen-bond acceptors (Lipinski definition) is 3. The van der Waals surface area contributed by atoms with Gasteiger partial charge >= 0.3 is 0 Å². The summed E-state index contributed by atoms with van der Waals surface area (Å²) in [5.74, 6) is -0.253. The van der Waals surface area contributed by atoms with E-state index in [0.717, 1.165) is 0 Å². The number of pyridine rings is 1. The molecule has 2 aromatic rings. The molecule has 15 heavy (non-hydrogen) atoms. The summed E-state index contributed by atoms with van der Waals surface area (Å²) in [5, 5.41) is 21.4. The summed E-state index contributed by atoms with van der Waals surface area (Å²) >= 11 is 0. The Balaban J connectivity index is 2.95. The summed E-state index contributed by atoms with van der Waals surface area (Å²) in [7, 11) is 0. The highest BCUT2D eigenvalue weighted by Crippen LogP contribution is 2.24. The number of aromatic nitrogens is 1. The zero-order valence-electron chi connectivity index (χ0n) is 8.10. The lowest BCUT2D eigenvalue weighted by Crippen LogP contribution is -2.26. The third-order valence-corrected chi connectivity index (χ3v) is 2.28. The smallest absolute Gasteiger partial charge is 0.266 e. The van der Waals surface area contributed by atoms with Gasteiger partial charge in [-0.2, -0.15) is 4.73 Å². The first kappa shape index (κ1) is 9.45. The highest BCUT2D eigenvalue weighted by Gasteiger charge is 2.14. The largest absolute Gasteiger partial charge is 0.618 e. The molecular weight excluding hydrogens is 194 g/mol. The SMILES string of the molecule is CC(=O)c1ccc(O)c2c1ccc[n+]2[O-]. The topological polar surface area (TPSA) is 64.2 Å². The minimum Gasteiger partial charge on any atom is -0.618 e. The van der Waals surface area contributed by atoms with E-state index in [4.69, 9.17) is 0 Å². The molecule has 76 valence electrons. The third kappa shape index (κ3) is 1.40. The zero-order valence-corrected chi connectivity index (χ0v) is 8.10. The van der Waals surface area contributed by atoms with Crippen LogP contribution in [0.4, 0.5) is 0 Å². The van der Waals surface area contributed by atoms with Crippen LogP contribution in [0.15, 0.2) is 30.5 Å². The number of ketones is 1. The maximum atomic E-state index is 11.4. The Bertz CT molecular complexity index is 541. The summed E-state index contributed by atoms with van der Waals surface area (Å²) in [6.07, 6.45) is 1.28. The van der Waals surface area contributed by atoms with Crippen LogP contribution in [0.1, 0.15) is 17.3 Å². The fourth-order valence-electron chi connectivity index (χ4n) is 1.60. The Morgan fingerprint density at radius 3 is 2.80 bits per heavy atom. The summed E-state index contributed by atoms with van der Waals surface area (Å²) in [6.45, 7) is 1.42. The molecule has 2 rings (SSSR count). The molecule has 0 fully saturated rings. The van der Waals surface area contributed by atoms with Gasteiger partial charge < -0.3 is 10.3 Å². The van der Waals surface area contributed by atoms with Crippen molar-refractivity contribution in [1.29, 1.82) is 0 Å². The minimum absolute atomic E-state index is 0.120. The number of hydrogen-bond donors (Lipinski definition) is 1. The molecule has 0 amide bonds. The van der Waals surface area contributed by atoms with E-state index < -0.39 is 0 Å². The van der Waals surface area contributed by atoms with E-state index in [9.17, 15) is 15.1 Å². The summed E-state index contributed by atoms with van der Waals surface area (Å²) in [4.78, 5) is 11.3.